The number of rotatable bonds is 2. The lowest BCUT2D eigenvalue weighted by atomic mass is 9.44. The van der Waals surface area contributed by atoms with Crippen molar-refractivity contribution in [1.29, 1.82) is 0 Å². The summed E-state index contributed by atoms with van der Waals surface area (Å²) >= 11 is 0. The van der Waals surface area contributed by atoms with Gasteiger partial charge in [0.05, 0.1) is 0 Å². The Hall–Kier alpha value is 0. The van der Waals surface area contributed by atoms with E-state index in [0.717, 1.165) is 35.5 Å². The van der Waals surface area contributed by atoms with Crippen LogP contribution in [0.5, 0.6) is 0 Å². The van der Waals surface area contributed by atoms with Gasteiger partial charge in [-0.25, -0.2) is 0 Å². The minimum Gasteiger partial charge on any atom is -0.0654 e. The predicted octanol–water partition coefficient (Wildman–Crippen LogP) is 7.08. The standard InChI is InChI=1S/C23H40/c1-5-6-17-8-10-20-19-9-7-18-15-16(2)11-13-23(18,4)21(19)12-14-22(17,20)3/h16-21H,5-15H2,1-4H3/t16?,17?,18?,19-,20-,21+,22+,23-/m0/s1. The van der Waals surface area contributed by atoms with Crippen LogP contribution in [0.15, 0.2) is 0 Å². The van der Waals surface area contributed by atoms with Crippen molar-refractivity contribution >= 4 is 0 Å². The van der Waals surface area contributed by atoms with Gasteiger partial charge in [0.1, 0.15) is 0 Å². The molecule has 23 heavy (non-hydrogen) atoms. The summed E-state index contributed by atoms with van der Waals surface area (Å²) in [7, 11) is 0. The van der Waals surface area contributed by atoms with E-state index in [1.807, 2.05) is 0 Å². The molecule has 0 saturated heterocycles. The minimum absolute atomic E-state index is 0.708. The van der Waals surface area contributed by atoms with Crippen LogP contribution in [-0.4, -0.2) is 0 Å². The van der Waals surface area contributed by atoms with Gasteiger partial charge >= 0.3 is 0 Å². The third-order valence-corrected chi connectivity index (χ3v) is 9.76. The van der Waals surface area contributed by atoms with E-state index in [0.29, 0.717) is 10.8 Å². The molecule has 0 aromatic rings. The largest absolute Gasteiger partial charge is 0.0654 e. The molecule has 0 heteroatoms. The fraction of sp³-hybridized carbons (Fsp3) is 1.00. The molecule has 8 atom stereocenters. The SMILES string of the molecule is CCCC1CC[C@H]2[C@@H]3CCC4CC(C)CC[C@]4(C)[C@@H]3CC[C@]12C. The highest BCUT2D eigenvalue weighted by Crippen LogP contribution is 2.68. The van der Waals surface area contributed by atoms with Crippen molar-refractivity contribution in [2.24, 2.45) is 46.3 Å². The molecule has 4 aliphatic carbocycles. The molecule has 0 amide bonds. The van der Waals surface area contributed by atoms with Gasteiger partial charge in [0.15, 0.2) is 0 Å². The number of hydrogen-bond donors (Lipinski definition) is 0. The van der Waals surface area contributed by atoms with E-state index in [9.17, 15) is 0 Å². The summed E-state index contributed by atoms with van der Waals surface area (Å²) in [6.45, 7) is 10.3. The van der Waals surface area contributed by atoms with Crippen molar-refractivity contribution in [2.45, 2.75) is 98.3 Å². The molecule has 4 saturated carbocycles. The van der Waals surface area contributed by atoms with Crippen LogP contribution in [-0.2, 0) is 0 Å². The van der Waals surface area contributed by atoms with Crippen molar-refractivity contribution < 1.29 is 0 Å². The second-order valence-corrected chi connectivity index (χ2v) is 10.6. The monoisotopic (exact) mass is 316 g/mol. The molecule has 0 nitrogen and oxygen atoms in total. The topological polar surface area (TPSA) is 0 Å². The average molecular weight is 317 g/mol. The molecule has 4 aliphatic rings. The van der Waals surface area contributed by atoms with Crippen molar-refractivity contribution in [3.8, 4) is 0 Å². The maximum absolute atomic E-state index is 2.72. The number of fused-ring (bicyclic) bond motifs is 5. The van der Waals surface area contributed by atoms with Crippen LogP contribution in [0.2, 0.25) is 0 Å². The van der Waals surface area contributed by atoms with Crippen LogP contribution in [0.25, 0.3) is 0 Å². The van der Waals surface area contributed by atoms with Crippen LogP contribution >= 0.6 is 0 Å². The summed E-state index contributed by atoms with van der Waals surface area (Å²) in [5, 5.41) is 0. The van der Waals surface area contributed by atoms with Crippen LogP contribution in [0.3, 0.4) is 0 Å². The zero-order valence-electron chi connectivity index (χ0n) is 16.2. The first-order valence-corrected chi connectivity index (χ1v) is 11.0. The van der Waals surface area contributed by atoms with Gasteiger partial charge in [-0.05, 0) is 97.7 Å². The molecular formula is C23H40. The van der Waals surface area contributed by atoms with Crippen molar-refractivity contribution in [2.75, 3.05) is 0 Å². The zero-order valence-corrected chi connectivity index (χ0v) is 16.2. The first-order chi connectivity index (χ1) is 11.0. The van der Waals surface area contributed by atoms with E-state index in [1.165, 1.54) is 19.3 Å². The molecule has 0 N–H and O–H groups in total. The molecule has 132 valence electrons. The summed E-state index contributed by atoms with van der Waals surface area (Å²) < 4.78 is 0. The van der Waals surface area contributed by atoms with Gasteiger partial charge in [0.25, 0.3) is 0 Å². The highest BCUT2D eigenvalue weighted by Gasteiger charge is 2.59. The summed E-state index contributed by atoms with van der Waals surface area (Å²) in [5.41, 5.74) is 1.42. The highest BCUT2D eigenvalue weighted by atomic mass is 14.6. The maximum atomic E-state index is 2.72. The average Bonchev–Trinajstić information content (AvgIpc) is 2.85. The molecule has 4 fully saturated rings. The van der Waals surface area contributed by atoms with Crippen LogP contribution in [0.4, 0.5) is 0 Å². The number of hydrogen-bond acceptors (Lipinski definition) is 0. The fourth-order valence-electron chi connectivity index (χ4n) is 8.40. The van der Waals surface area contributed by atoms with Crippen molar-refractivity contribution in [3.05, 3.63) is 0 Å². The Morgan fingerprint density at radius 2 is 1.57 bits per heavy atom. The Bertz CT molecular complexity index is 439. The first-order valence-electron chi connectivity index (χ1n) is 11.0. The Morgan fingerprint density at radius 3 is 2.35 bits per heavy atom. The Balaban J connectivity index is 1.58. The van der Waals surface area contributed by atoms with Crippen LogP contribution < -0.4 is 0 Å². The lowest BCUT2D eigenvalue weighted by molar-refractivity contribution is -0.117. The van der Waals surface area contributed by atoms with Gasteiger partial charge in [0, 0.05) is 0 Å². The normalized spacial score (nSPS) is 55.8. The molecule has 0 radical (unpaired) electrons. The quantitative estimate of drug-likeness (QED) is 0.510. The Labute approximate surface area is 145 Å². The minimum atomic E-state index is 0.708. The molecule has 0 heterocycles. The van der Waals surface area contributed by atoms with Gasteiger partial charge < -0.3 is 0 Å². The van der Waals surface area contributed by atoms with Crippen molar-refractivity contribution in [3.63, 3.8) is 0 Å². The summed E-state index contributed by atoms with van der Waals surface area (Å²) in [6.07, 6.45) is 16.9. The van der Waals surface area contributed by atoms with E-state index in [2.05, 4.69) is 27.7 Å². The highest BCUT2D eigenvalue weighted by molar-refractivity contribution is 5.08. The van der Waals surface area contributed by atoms with Gasteiger partial charge in [-0.15, -0.1) is 0 Å². The summed E-state index contributed by atoms with van der Waals surface area (Å²) in [6, 6.07) is 0. The van der Waals surface area contributed by atoms with Gasteiger partial charge in [-0.2, -0.15) is 0 Å². The predicted molar refractivity (Wildman–Crippen MR) is 99.3 cm³/mol. The molecule has 3 unspecified atom stereocenters. The summed E-state index contributed by atoms with van der Waals surface area (Å²) in [4.78, 5) is 0. The molecular weight excluding hydrogens is 276 g/mol. The van der Waals surface area contributed by atoms with E-state index >= 15 is 0 Å². The third kappa shape index (κ3) is 2.36. The lowest BCUT2D eigenvalue weighted by Gasteiger charge is -2.61. The smallest absolute Gasteiger partial charge is 0.0266 e. The Morgan fingerprint density at radius 1 is 0.826 bits per heavy atom. The molecule has 4 rings (SSSR count). The molecule has 0 aromatic heterocycles. The Kier molecular flexibility index (Phi) is 4.13. The van der Waals surface area contributed by atoms with Gasteiger partial charge in [0.2, 0.25) is 0 Å². The van der Waals surface area contributed by atoms with Crippen LogP contribution in [0, 0.1) is 46.3 Å². The zero-order chi connectivity index (χ0) is 16.2. The summed E-state index contributed by atoms with van der Waals surface area (Å²) in [5.74, 6) is 6.35. The first kappa shape index (κ1) is 16.5. The van der Waals surface area contributed by atoms with Gasteiger partial charge in [-0.1, -0.05) is 47.0 Å². The second kappa shape index (κ2) is 5.77. The molecule has 0 spiro atoms. The molecule has 0 aliphatic heterocycles. The van der Waals surface area contributed by atoms with Crippen molar-refractivity contribution in [1.82, 2.24) is 0 Å². The van der Waals surface area contributed by atoms with Gasteiger partial charge in [-0.3, -0.25) is 0 Å². The van der Waals surface area contributed by atoms with E-state index in [1.54, 1.807) is 51.4 Å². The fourth-order valence-corrected chi connectivity index (χ4v) is 8.40. The molecule has 0 aromatic carbocycles. The molecule has 0 bridgehead atoms. The maximum Gasteiger partial charge on any atom is -0.0266 e. The second-order valence-electron chi connectivity index (χ2n) is 10.6. The third-order valence-electron chi connectivity index (χ3n) is 9.76. The lowest BCUT2D eigenvalue weighted by Crippen LogP contribution is -2.53. The van der Waals surface area contributed by atoms with E-state index in [4.69, 9.17) is 0 Å². The van der Waals surface area contributed by atoms with Crippen LogP contribution in [0.1, 0.15) is 98.3 Å². The van der Waals surface area contributed by atoms with E-state index < -0.39 is 0 Å². The van der Waals surface area contributed by atoms with E-state index in [-0.39, 0.29) is 0 Å².